The van der Waals surface area contributed by atoms with E-state index in [1.54, 1.807) is 30.8 Å². The number of amides is 1. The number of benzene rings is 2. The predicted molar refractivity (Wildman–Crippen MR) is 113 cm³/mol. The average molecular weight is 427 g/mol. The maximum Gasteiger partial charge on any atom is 0.243 e. The first-order chi connectivity index (χ1) is 12.7. The van der Waals surface area contributed by atoms with E-state index in [1.807, 2.05) is 43.3 Å². The number of rotatable bonds is 8. The Morgan fingerprint density at radius 2 is 1.74 bits per heavy atom. The van der Waals surface area contributed by atoms with Gasteiger partial charge in [-0.1, -0.05) is 29.3 Å². The van der Waals surface area contributed by atoms with Crippen LogP contribution in [0.4, 0.5) is 5.69 Å². The van der Waals surface area contributed by atoms with E-state index in [2.05, 4.69) is 5.32 Å². The van der Waals surface area contributed by atoms with E-state index >= 15 is 0 Å². The van der Waals surface area contributed by atoms with E-state index in [0.717, 1.165) is 21.0 Å². The van der Waals surface area contributed by atoms with Crippen LogP contribution in [0.2, 0.25) is 5.02 Å². The number of carbonyl (C=O) groups is 1. The zero-order valence-electron chi connectivity index (χ0n) is 15.5. The minimum absolute atomic E-state index is 0.335. The molecule has 0 fully saturated rings. The smallest absolute Gasteiger partial charge is 0.243 e. The van der Waals surface area contributed by atoms with Gasteiger partial charge in [0, 0.05) is 22.2 Å². The largest absolute Gasteiger partial charge is 0.353 e. The van der Waals surface area contributed by atoms with Gasteiger partial charge in [0.25, 0.3) is 0 Å². The molecule has 0 saturated carbocycles. The van der Waals surface area contributed by atoms with Crippen molar-refractivity contribution < 1.29 is 13.2 Å². The summed E-state index contributed by atoms with van der Waals surface area (Å²) in [5.41, 5.74) is 1.49. The molecule has 0 aromatic heterocycles. The van der Waals surface area contributed by atoms with Crippen LogP contribution >= 0.6 is 23.4 Å². The highest BCUT2D eigenvalue weighted by Crippen LogP contribution is 2.22. The Kier molecular flexibility index (Phi) is 7.59. The predicted octanol–water partition coefficient (Wildman–Crippen LogP) is 3.71. The lowest BCUT2D eigenvalue weighted by Gasteiger charge is -2.28. The molecule has 5 nitrogen and oxygen atoms in total. The van der Waals surface area contributed by atoms with E-state index in [9.17, 15) is 13.2 Å². The molecule has 0 aliphatic rings. The minimum atomic E-state index is -3.60. The Bertz CT molecular complexity index is 869. The van der Waals surface area contributed by atoms with Crippen molar-refractivity contribution in [2.24, 2.45) is 0 Å². The molecule has 1 amide bonds. The molecule has 1 atom stereocenters. The first-order valence-corrected chi connectivity index (χ1v) is 11.6. The molecule has 0 bridgehead atoms. The highest BCUT2D eigenvalue weighted by molar-refractivity contribution is 7.99. The minimum Gasteiger partial charge on any atom is -0.353 e. The number of carbonyl (C=O) groups excluding carboxylic acids is 1. The molecule has 0 unspecified atom stereocenters. The summed E-state index contributed by atoms with van der Waals surface area (Å²) in [6, 6.07) is 13.7. The third kappa shape index (κ3) is 6.45. The monoisotopic (exact) mass is 426 g/mol. The summed E-state index contributed by atoms with van der Waals surface area (Å²) < 4.78 is 25.6. The Balaban J connectivity index is 1.96. The van der Waals surface area contributed by atoms with Gasteiger partial charge in [0.1, 0.15) is 6.04 Å². The number of nitrogens with zero attached hydrogens (tertiary/aromatic N) is 1. The van der Waals surface area contributed by atoms with Crippen LogP contribution in [0.1, 0.15) is 12.5 Å². The highest BCUT2D eigenvalue weighted by atomic mass is 35.5. The fraction of sp³-hybridized carbons (Fsp3) is 0.316. The standard InChI is InChI=1S/C19H23ClN2O3S2/c1-14-4-8-17(9-5-14)22(27(3,24)25)15(2)19(23)21-12-13-26-18-10-6-16(20)7-11-18/h4-11,15H,12-13H2,1-3H3,(H,21,23)/t15-/m1/s1. The number of anilines is 1. The summed E-state index contributed by atoms with van der Waals surface area (Å²) in [5, 5.41) is 3.48. The summed E-state index contributed by atoms with van der Waals surface area (Å²) in [5.74, 6) is 0.335. The molecule has 146 valence electrons. The van der Waals surface area contributed by atoms with Crippen LogP contribution in [0.25, 0.3) is 0 Å². The number of thioether (sulfide) groups is 1. The van der Waals surface area contributed by atoms with E-state index in [0.29, 0.717) is 23.0 Å². The third-order valence-corrected chi connectivity index (χ3v) is 6.37. The average Bonchev–Trinajstić information content (AvgIpc) is 2.60. The van der Waals surface area contributed by atoms with E-state index < -0.39 is 16.1 Å². The van der Waals surface area contributed by atoms with Crippen molar-refractivity contribution in [3.63, 3.8) is 0 Å². The summed E-state index contributed by atoms with van der Waals surface area (Å²) in [4.78, 5) is 13.5. The summed E-state index contributed by atoms with van der Waals surface area (Å²) in [6.45, 7) is 3.94. The first-order valence-electron chi connectivity index (χ1n) is 8.40. The third-order valence-electron chi connectivity index (χ3n) is 3.86. The van der Waals surface area contributed by atoms with Gasteiger partial charge in [-0.15, -0.1) is 11.8 Å². The van der Waals surface area contributed by atoms with Gasteiger partial charge in [-0.25, -0.2) is 8.42 Å². The maximum atomic E-state index is 12.5. The molecule has 0 heterocycles. The van der Waals surface area contributed by atoms with Gasteiger partial charge >= 0.3 is 0 Å². The van der Waals surface area contributed by atoms with Crippen molar-refractivity contribution in [3.05, 3.63) is 59.1 Å². The Morgan fingerprint density at radius 3 is 2.30 bits per heavy atom. The van der Waals surface area contributed by atoms with Crippen molar-refractivity contribution >= 4 is 45.0 Å². The van der Waals surface area contributed by atoms with E-state index in [4.69, 9.17) is 11.6 Å². The van der Waals surface area contributed by atoms with Crippen LogP contribution in [0, 0.1) is 6.92 Å². The molecule has 0 radical (unpaired) electrons. The Labute approximate surface area is 170 Å². The van der Waals surface area contributed by atoms with Gasteiger partial charge in [-0.05, 0) is 50.2 Å². The van der Waals surface area contributed by atoms with Gasteiger partial charge in [-0.3, -0.25) is 9.10 Å². The van der Waals surface area contributed by atoms with Crippen molar-refractivity contribution in [2.45, 2.75) is 24.8 Å². The van der Waals surface area contributed by atoms with Crippen molar-refractivity contribution in [3.8, 4) is 0 Å². The molecule has 8 heteroatoms. The second kappa shape index (κ2) is 9.48. The number of sulfonamides is 1. The number of aryl methyl sites for hydroxylation is 1. The van der Waals surface area contributed by atoms with Crippen LogP contribution in [0.5, 0.6) is 0 Å². The lowest BCUT2D eigenvalue weighted by molar-refractivity contribution is -0.121. The van der Waals surface area contributed by atoms with Gasteiger partial charge < -0.3 is 5.32 Å². The molecule has 27 heavy (non-hydrogen) atoms. The van der Waals surface area contributed by atoms with Crippen molar-refractivity contribution in [2.75, 3.05) is 22.9 Å². The Hall–Kier alpha value is -1.70. The van der Waals surface area contributed by atoms with Gasteiger partial charge in [0.15, 0.2) is 0 Å². The normalized spacial score (nSPS) is 12.4. The Morgan fingerprint density at radius 1 is 1.15 bits per heavy atom. The molecule has 2 aromatic carbocycles. The zero-order chi connectivity index (χ0) is 20.0. The molecule has 2 rings (SSSR count). The number of halogens is 1. The lowest BCUT2D eigenvalue weighted by Crippen LogP contribution is -2.48. The quantitative estimate of drug-likeness (QED) is 0.516. The number of hydrogen-bond donors (Lipinski definition) is 1. The van der Waals surface area contributed by atoms with Gasteiger partial charge in [-0.2, -0.15) is 0 Å². The fourth-order valence-corrected chi connectivity index (χ4v) is 4.59. The summed E-state index contributed by atoms with van der Waals surface area (Å²) >= 11 is 7.44. The van der Waals surface area contributed by atoms with Crippen LogP contribution < -0.4 is 9.62 Å². The zero-order valence-corrected chi connectivity index (χ0v) is 17.9. The molecule has 0 aliphatic heterocycles. The summed E-state index contributed by atoms with van der Waals surface area (Å²) in [7, 11) is -3.60. The molecular formula is C19H23ClN2O3S2. The molecule has 2 aromatic rings. The van der Waals surface area contributed by atoms with Crippen molar-refractivity contribution in [1.29, 1.82) is 0 Å². The number of hydrogen-bond acceptors (Lipinski definition) is 4. The number of nitrogens with one attached hydrogen (secondary N) is 1. The van der Waals surface area contributed by atoms with Crippen LogP contribution in [0.15, 0.2) is 53.4 Å². The molecule has 1 N–H and O–H groups in total. The van der Waals surface area contributed by atoms with E-state index in [1.165, 1.54) is 0 Å². The van der Waals surface area contributed by atoms with Gasteiger partial charge in [0.05, 0.1) is 11.9 Å². The molecule has 0 aliphatic carbocycles. The van der Waals surface area contributed by atoms with Crippen LogP contribution in [-0.4, -0.2) is 38.9 Å². The molecule has 0 spiro atoms. The van der Waals surface area contributed by atoms with Crippen LogP contribution in [-0.2, 0) is 14.8 Å². The molecular weight excluding hydrogens is 404 g/mol. The first kappa shape index (κ1) is 21.6. The fourth-order valence-electron chi connectivity index (χ4n) is 2.52. The van der Waals surface area contributed by atoms with Crippen molar-refractivity contribution in [1.82, 2.24) is 5.32 Å². The van der Waals surface area contributed by atoms with Crippen LogP contribution in [0.3, 0.4) is 0 Å². The lowest BCUT2D eigenvalue weighted by atomic mass is 10.2. The highest BCUT2D eigenvalue weighted by Gasteiger charge is 2.28. The molecule has 0 saturated heterocycles. The second-order valence-corrected chi connectivity index (χ2v) is 9.63. The van der Waals surface area contributed by atoms with Gasteiger partial charge in [0.2, 0.25) is 15.9 Å². The summed E-state index contributed by atoms with van der Waals surface area (Å²) in [6.07, 6.45) is 1.10. The van der Waals surface area contributed by atoms with E-state index in [-0.39, 0.29) is 5.91 Å². The SMILES string of the molecule is Cc1ccc(N([C@H](C)C(=O)NCCSc2ccc(Cl)cc2)S(C)(=O)=O)cc1. The topological polar surface area (TPSA) is 66.5 Å². The second-order valence-electron chi connectivity index (χ2n) is 6.16. The maximum absolute atomic E-state index is 12.5.